The molecule has 2 aromatic carbocycles. The van der Waals surface area contributed by atoms with Gasteiger partial charge in [-0.3, -0.25) is 9.69 Å². The van der Waals surface area contributed by atoms with Crippen molar-refractivity contribution < 1.29 is 9.90 Å². The summed E-state index contributed by atoms with van der Waals surface area (Å²) in [6.45, 7) is 11.7. The number of carboxylic acid groups (broad SMARTS) is 1. The Morgan fingerprint density at radius 2 is 1.59 bits per heavy atom. The van der Waals surface area contributed by atoms with Gasteiger partial charge in [0.2, 0.25) is 0 Å². The van der Waals surface area contributed by atoms with Crippen molar-refractivity contribution >= 4 is 11.7 Å². The van der Waals surface area contributed by atoms with E-state index in [4.69, 9.17) is 0 Å². The predicted molar refractivity (Wildman–Crippen MR) is 130 cm³/mol. The van der Waals surface area contributed by atoms with Crippen molar-refractivity contribution in [2.24, 2.45) is 5.92 Å². The number of hydrogen-bond acceptors (Lipinski definition) is 3. The number of likely N-dealkylation sites (tertiary alicyclic amines) is 1. The Morgan fingerprint density at radius 1 is 0.938 bits per heavy atom. The molecule has 4 heteroatoms. The highest BCUT2D eigenvalue weighted by Crippen LogP contribution is 2.47. The predicted octanol–water partition coefficient (Wildman–Crippen LogP) is 5.39. The fourth-order valence-corrected chi connectivity index (χ4v) is 5.78. The molecule has 0 aromatic heterocycles. The number of carbonyl (C=O) groups is 1. The first kappa shape index (κ1) is 21.5. The van der Waals surface area contributed by atoms with E-state index in [-0.39, 0.29) is 5.92 Å². The van der Waals surface area contributed by atoms with Crippen LogP contribution in [0, 0.1) is 26.7 Å². The third-order valence-electron chi connectivity index (χ3n) is 7.99. The van der Waals surface area contributed by atoms with Gasteiger partial charge in [0.15, 0.2) is 0 Å². The van der Waals surface area contributed by atoms with Crippen LogP contribution in [0.2, 0.25) is 0 Å². The van der Waals surface area contributed by atoms with Gasteiger partial charge in [0, 0.05) is 31.2 Å². The molecule has 2 saturated heterocycles. The normalized spacial score (nSPS) is 20.4. The zero-order chi connectivity index (χ0) is 22.4. The molecular weight excluding hydrogens is 396 g/mol. The molecule has 1 N–H and O–H groups in total. The van der Waals surface area contributed by atoms with E-state index in [1.165, 1.54) is 46.3 Å². The lowest BCUT2D eigenvalue weighted by Gasteiger charge is -2.43. The third-order valence-corrected chi connectivity index (χ3v) is 7.99. The molecule has 1 aliphatic carbocycles. The highest BCUT2D eigenvalue weighted by Gasteiger charge is 2.34. The lowest BCUT2D eigenvalue weighted by Crippen LogP contribution is -2.46. The maximum atomic E-state index is 11.2. The van der Waals surface area contributed by atoms with E-state index in [0.29, 0.717) is 5.92 Å². The monoisotopic (exact) mass is 432 g/mol. The summed E-state index contributed by atoms with van der Waals surface area (Å²) in [5.41, 5.74) is 10.2. The van der Waals surface area contributed by atoms with E-state index < -0.39 is 5.97 Å². The molecule has 2 heterocycles. The van der Waals surface area contributed by atoms with E-state index in [9.17, 15) is 9.90 Å². The molecule has 1 saturated carbocycles. The lowest BCUT2D eigenvalue weighted by atomic mass is 9.86. The van der Waals surface area contributed by atoms with Gasteiger partial charge in [0.05, 0.1) is 5.92 Å². The number of nitrogens with zero attached hydrogens (tertiary/aromatic N) is 2. The maximum absolute atomic E-state index is 11.2. The van der Waals surface area contributed by atoms with Gasteiger partial charge in [-0.2, -0.15) is 0 Å². The number of anilines is 1. The van der Waals surface area contributed by atoms with Crippen molar-refractivity contribution in [2.45, 2.75) is 64.8 Å². The van der Waals surface area contributed by atoms with Gasteiger partial charge in [-0.15, -0.1) is 0 Å². The van der Waals surface area contributed by atoms with Crippen LogP contribution in [-0.2, 0) is 11.3 Å². The molecule has 5 rings (SSSR count). The van der Waals surface area contributed by atoms with Crippen molar-refractivity contribution in [3.8, 4) is 0 Å². The fraction of sp³-hybridized carbons (Fsp3) is 0.536. The first-order chi connectivity index (χ1) is 15.4. The number of rotatable bonds is 6. The standard InChI is InChI=1S/C28H36N2O2/c1-18-5-4-6-25(21-7-8-21)27(18)30-15-24(16-30)23-13-19(2)26(20(3)14-23)17-29-11-9-22(10-12-29)28(31)32/h4-6,13-14,21-22,24H,7-12,15-17H2,1-3H3,(H,31,32). The van der Waals surface area contributed by atoms with Crippen molar-refractivity contribution in [1.82, 2.24) is 4.90 Å². The minimum Gasteiger partial charge on any atom is -0.481 e. The van der Waals surface area contributed by atoms with Gasteiger partial charge in [0.25, 0.3) is 0 Å². The number of piperidine rings is 1. The van der Waals surface area contributed by atoms with E-state index in [2.05, 4.69) is 60.9 Å². The second kappa shape index (κ2) is 8.55. The molecule has 170 valence electrons. The largest absolute Gasteiger partial charge is 0.481 e. The number of aliphatic carboxylic acids is 1. The van der Waals surface area contributed by atoms with Crippen LogP contribution in [0.3, 0.4) is 0 Å². The highest BCUT2D eigenvalue weighted by molar-refractivity contribution is 5.70. The molecule has 0 bridgehead atoms. The van der Waals surface area contributed by atoms with Crippen LogP contribution in [0.15, 0.2) is 30.3 Å². The van der Waals surface area contributed by atoms with Gasteiger partial charge in [-0.1, -0.05) is 30.3 Å². The Labute approximate surface area is 192 Å². The SMILES string of the molecule is Cc1cc(C2CN(c3c(C)cccc3C3CC3)C2)cc(C)c1CN1CCC(C(=O)O)CC1. The van der Waals surface area contributed by atoms with E-state index >= 15 is 0 Å². The molecule has 0 unspecified atom stereocenters. The summed E-state index contributed by atoms with van der Waals surface area (Å²) in [7, 11) is 0. The summed E-state index contributed by atoms with van der Waals surface area (Å²) in [6, 6.07) is 11.6. The van der Waals surface area contributed by atoms with Crippen LogP contribution in [0.5, 0.6) is 0 Å². The first-order valence-corrected chi connectivity index (χ1v) is 12.3. The minimum atomic E-state index is -0.633. The summed E-state index contributed by atoms with van der Waals surface area (Å²) in [4.78, 5) is 16.3. The lowest BCUT2D eigenvalue weighted by molar-refractivity contribution is -0.143. The second-order valence-corrected chi connectivity index (χ2v) is 10.4. The zero-order valence-corrected chi connectivity index (χ0v) is 19.7. The van der Waals surface area contributed by atoms with E-state index in [1.54, 1.807) is 5.56 Å². The van der Waals surface area contributed by atoms with Crippen LogP contribution in [-0.4, -0.2) is 42.2 Å². The number of aryl methyl sites for hydroxylation is 3. The summed E-state index contributed by atoms with van der Waals surface area (Å²) < 4.78 is 0. The van der Waals surface area contributed by atoms with E-state index in [1.807, 2.05) is 0 Å². The summed E-state index contributed by atoms with van der Waals surface area (Å²) >= 11 is 0. The number of hydrogen-bond donors (Lipinski definition) is 1. The quantitative estimate of drug-likeness (QED) is 0.665. The number of carboxylic acids is 1. The van der Waals surface area contributed by atoms with Crippen molar-refractivity contribution in [3.05, 3.63) is 63.7 Å². The second-order valence-electron chi connectivity index (χ2n) is 10.4. The zero-order valence-electron chi connectivity index (χ0n) is 19.7. The number of benzene rings is 2. The topological polar surface area (TPSA) is 43.8 Å². The Hall–Kier alpha value is -2.33. The minimum absolute atomic E-state index is 0.161. The molecule has 2 aliphatic heterocycles. The van der Waals surface area contributed by atoms with Crippen LogP contribution < -0.4 is 4.90 Å². The Morgan fingerprint density at radius 3 is 2.19 bits per heavy atom. The maximum Gasteiger partial charge on any atom is 0.306 e. The van der Waals surface area contributed by atoms with E-state index in [0.717, 1.165) is 51.5 Å². The Bertz CT molecular complexity index is 989. The first-order valence-electron chi connectivity index (χ1n) is 12.3. The van der Waals surface area contributed by atoms with Gasteiger partial charge in [-0.25, -0.2) is 0 Å². The van der Waals surface area contributed by atoms with Crippen molar-refractivity contribution in [3.63, 3.8) is 0 Å². The molecule has 4 nitrogen and oxygen atoms in total. The molecule has 2 aromatic rings. The summed E-state index contributed by atoms with van der Waals surface area (Å²) in [5.74, 6) is 0.602. The van der Waals surface area contributed by atoms with Crippen LogP contribution in [0.25, 0.3) is 0 Å². The van der Waals surface area contributed by atoms with Crippen molar-refractivity contribution in [1.29, 1.82) is 0 Å². The molecule has 3 aliphatic rings. The van der Waals surface area contributed by atoms with Crippen LogP contribution in [0.4, 0.5) is 5.69 Å². The Balaban J connectivity index is 1.25. The van der Waals surface area contributed by atoms with Crippen LogP contribution in [0.1, 0.15) is 70.9 Å². The van der Waals surface area contributed by atoms with Crippen molar-refractivity contribution in [2.75, 3.05) is 31.1 Å². The summed E-state index contributed by atoms with van der Waals surface area (Å²) in [6.07, 6.45) is 4.24. The Kier molecular flexibility index (Phi) is 5.75. The molecule has 32 heavy (non-hydrogen) atoms. The van der Waals surface area contributed by atoms with Gasteiger partial charge < -0.3 is 10.0 Å². The summed E-state index contributed by atoms with van der Waals surface area (Å²) in [5, 5.41) is 9.24. The smallest absolute Gasteiger partial charge is 0.306 e. The molecule has 0 radical (unpaired) electrons. The van der Waals surface area contributed by atoms with Gasteiger partial charge >= 0.3 is 5.97 Å². The molecule has 3 fully saturated rings. The van der Waals surface area contributed by atoms with Crippen LogP contribution >= 0.6 is 0 Å². The third kappa shape index (κ3) is 4.17. The molecule has 0 atom stereocenters. The fourth-order valence-electron chi connectivity index (χ4n) is 5.78. The average Bonchev–Trinajstić information content (AvgIpc) is 3.56. The molecular formula is C28H36N2O2. The highest BCUT2D eigenvalue weighted by atomic mass is 16.4. The number of para-hydroxylation sites is 1. The molecule has 0 amide bonds. The molecule has 0 spiro atoms. The van der Waals surface area contributed by atoms with Gasteiger partial charge in [-0.05, 0) is 98.8 Å². The van der Waals surface area contributed by atoms with Gasteiger partial charge in [0.1, 0.15) is 0 Å². The average molecular weight is 433 g/mol.